The van der Waals surface area contributed by atoms with Gasteiger partial charge < -0.3 is 15.2 Å². The molecule has 0 saturated heterocycles. The Kier molecular flexibility index (Phi) is 6.65. The summed E-state index contributed by atoms with van der Waals surface area (Å²) in [6, 6.07) is 5.46. The van der Waals surface area contributed by atoms with Crippen LogP contribution in [-0.2, 0) is 9.59 Å². The monoisotopic (exact) mass is 297 g/mol. The second kappa shape index (κ2) is 8.24. The van der Waals surface area contributed by atoms with Crippen molar-refractivity contribution in [3.8, 4) is 5.75 Å². The first-order valence-electron chi connectivity index (χ1n) is 6.76. The first kappa shape index (κ1) is 16.9. The van der Waals surface area contributed by atoms with Gasteiger partial charge in [-0.2, -0.15) is 0 Å². The van der Waals surface area contributed by atoms with E-state index in [2.05, 4.69) is 5.32 Å². The van der Waals surface area contributed by atoms with Crippen molar-refractivity contribution in [2.45, 2.75) is 20.3 Å². The second-order valence-electron chi connectivity index (χ2n) is 5.21. The van der Waals surface area contributed by atoms with Crippen molar-refractivity contribution in [2.24, 2.45) is 11.8 Å². The van der Waals surface area contributed by atoms with Gasteiger partial charge in [-0.3, -0.25) is 9.59 Å². The summed E-state index contributed by atoms with van der Waals surface area (Å²) in [5.41, 5.74) is 0. The van der Waals surface area contributed by atoms with Gasteiger partial charge in [0.15, 0.2) is 6.61 Å². The van der Waals surface area contributed by atoms with Crippen molar-refractivity contribution < 1.29 is 23.8 Å². The third-order valence-electron chi connectivity index (χ3n) is 2.82. The van der Waals surface area contributed by atoms with E-state index in [9.17, 15) is 14.0 Å². The van der Waals surface area contributed by atoms with Crippen LogP contribution in [0.15, 0.2) is 24.3 Å². The van der Waals surface area contributed by atoms with Crippen molar-refractivity contribution in [1.29, 1.82) is 0 Å². The molecular weight excluding hydrogens is 277 g/mol. The number of nitrogens with one attached hydrogen (secondary N) is 1. The molecule has 0 bridgehead atoms. The van der Waals surface area contributed by atoms with E-state index in [1.54, 1.807) is 0 Å². The standard InChI is InChI=1S/C15H20FNO4/c1-10(2)6-11(15(19)20)8-17-14(18)9-21-13-5-3-4-12(16)7-13/h3-5,7,10-11H,6,8-9H2,1-2H3,(H,17,18)(H,19,20). The van der Waals surface area contributed by atoms with Gasteiger partial charge in [0.2, 0.25) is 0 Å². The van der Waals surface area contributed by atoms with Crippen LogP contribution in [0.1, 0.15) is 20.3 Å². The molecule has 5 nitrogen and oxygen atoms in total. The zero-order valence-corrected chi connectivity index (χ0v) is 12.1. The summed E-state index contributed by atoms with van der Waals surface area (Å²) in [5.74, 6) is -1.96. The van der Waals surface area contributed by atoms with Crippen LogP contribution in [0.5, 0.6) is 5.75 Å². The summed E-state index contributed by atoms with van der Waals surface area (Å²) in [6.45, 7) is 3.62. The minimum Gasteiger partial charge on any atom is -0.484 e. The summed E-state index contributed by atoms with van der Waals surface area (Å²) in [6.07, 6.45) is 0.486. The van der Waals surface area contributed by atoms with E-state index in [0.717, 1.165) is 0 Å². The zero-order chi connectivity index (χ0) is 15.8. The molecule has 1 atom stereocenters. The van der Waals surface area contributed by atoms with Crippen molar-refractivity contribution in [2.75, 3.05) is 13.2 Å². The third-order valence-corrected chi connectivity index (χ3v) is 2.82. The van der Waals surface area contributed by atoms with E-state index in [4.69, 9.17) is 9.84 Å². The summed E-state index contributed by atoms with van der Waals surface area (Å²) < 4.78 is 18.0. The number of carbonyl (C=O) groups excluding carboxylic acids is 1. The number of carboxylic acid groups (broad SMARTS) is 1. The van der Waals surface area contributed by atoms with Crippen LogP contribution in [0.25, 0.3) is 0 Å². The molecule has 2 N–H and O–H groups in total. The Morgan fingerprint density at radius 2 is 2.10 bits per heavy atom. The zero-order valence-electron chi connectivity index (χ0n) is 12.1. The normalized spacial score (nSPS) is 12.0. The number of benzene rings is 1. The summed E-state index contributed by atoms with van der Waals surface area (Å²) in [5, 5.41) is 11.6. The summed E-state index contributed by atoms with van der Waals surface area (Å²) >= 11 is 0. The van der Waals surface area contributed by atoms with Crippen molar-refractivity contribution in [3.05, 3.63) is 30.1 Å². The molecule has 1 aromatic rings. The number of ether oxygens (including phenoxy) is 1. The molecule has 1 unspecified atom stereocenters. The van der Waals surface area contributed by atoms with Crippen LogP contribution in [0.3, 0.4) is 0 Å². The van der Waals surface area contributed by atoms with Gasteiger partial charge in [-0.05, 0) is 24.5 Å². The molecule has 116 valence electrons. The molecule has 1 amide bonds. The molecule has 0 heterocycles. The van der Waals surface area contributed by atoms with Gasteiger partial charge >= 0.3 is 5.97 Å². The first-order chi connectivity index (χ1) is 9.88. The lowest BCUT2D eigenvalue weighted by Crippen LogP contribution is -2.36. The molecule has 0 aliphatic rings. The summed E-state index contributed by atoms with van der Waals surface area (Å²) in [7, 11) is 0. The van der Waals surface area contributed by atoms with Gasteiger partial charge in [0.25, 0.3) is 5.91 Å². The average molecular weight is 297 g/mol. The molecule has 1 rings (SSSR count). The fourth-order valence-electron chi connectivity index (χ4n) is 1.83. The lowest BCUT2D eigenvalue weighted by Gasteiger charge is -2.15. The van der Waals surface area contributed by atoms with Gasteiger partial charge in [-0.1, -0.05) is 19.9 Å². The number of carbonyl (C=O) groups is 2. The van der Waals surface area contributed by atoms with Gasteiger partial charge in [0.05, 0.1) is 5.92 Å². The Labute approximate surface area is 123 Å². The molecule has 21 heavy (non-hydrogen) atoms. The topological polar surface area (TPSA) is 75.6 Å². The molecule has 0 fully saturated rings. The lowest BCUT2D eigenvalue weighted by molar-refractivity contribution is -0.142. The van der Waals surface area contributed by atoms with Crippen LogP contribution >= 0.6 is 0 Å². The molecule has 1 aromatic carbocycles. The first-order valence-corrected chi connectivity index (χ1v) is 6.76. The second-order valence-corrected chi connectivity index (χ2v) is 5.21. The fraction of sp³-hybridized carbons (Fsp3) is 0.467. The number of halogens is 1. The Morgan fingerprint density at radius 1 is 1.38 bits per heavy atom. The van der Waals surface area contributed by atoms with E-state index < -0.39 is 23.6 Å². The Balaban J connectivity index is 2.37. The van der Waals surface area contributed by atoms with Crippen molar-refractivity contribution in [1.82, 2.24) is 5.32 Å². The van der Waals surface area contributed by atoms with E-state index in [1.807, 2.05) is 13.8 Å². The molecular formula is C15H20FNO4. The van der Waals surface area contributed by atoms with E-state index in [1.165, 1.54) is 24.3 Å². The largest absolute Gasteiger partial charge is 0.484 e. The van der Waals surface area contributed by atoms with Crippen LogP contribution < -0.4 is 10.1 Å². The number of amides is 1. The maximum atomic E-state index is 12.9. The quantitative estimate of drug-likeness (QED) is 0.770. The van der Waals surface area contributed by atoms with Crippen molar-refractivity contribution >= 4 is 11.9 Å². The molecule has 6 heteroatoms. The number of hydrogen-bond donors (Lipinski definition) is 2. The van der Waals surface area contributed by atoms with Gasteiger partial charge in [0, 0.05) is 12.6 Å². The molecule has 0 aromatic heterocycles. The highest BCUT2D eigenvalue weighted by Crippen LogP contribution is 2.12. The van der Waals surface area contributed by atoms with Crippen LogP contribution in [0.4, 0.5) is 4.39 Å². The molecule has 0 radical (unpaired) electrons. The highest BCUT2D eigenvalue weighted by Gasteiger charge is 2.19. The van der Waals surface area contributed by atoms with Gasteiger partial charge in [0.1, 0.15) is 11.6 Å². The fourth-order valence-corrected chi connectivity index (χ4v) is 1.83. The maximum Gasteiger partial charge on any atom is 0.308 e. The molecule has 0 aliphatic carbocycles. The average Bonchev–Trinajstić information content (AvgIpc) is 2.40. The predicted octanol–water partition coefficient (Wildman–Crippen LogP) is 2.07. The number of hydrogen-bond acceptors (Lipinski definition) is 3. The number of rotatable bonds is 8. The van der Waals surface area contributed by atoms with Crippen LogP contribution in [-0.4, -0.2) is 30.1 Å². The Bertz CT molecular complexity index is 490. The van der Waals surface area contributed by atoms with Crippen LogP contribution in [0, 0.1) is 17.7 Å². The minimum absolute atomic E-state index is 0.0544. The summed E-state index contributed by atoms with van der Waals surface area (Å²) in [4.78, 5) is 22.6. The smallest absolute Gasteiger partial charge is 0.308 e. The van der Waals surface area contributed by atoms with Crippen molar-refractivity contribution in [3.63, 3.8) is 0 Å². The van der Waals surface area contributed by atoms with E-state index >= 15 is 0 Å². The van der Waals surface area contributed by atoms with Gasteiger partial charge in [-0.25, -0.2) is 4.39 Å². The van der Waals surface area contributed by atoms with E-state index in [-0.39, 0.29) is 24.8 Å². The highest BCUT2D eigenvalue weighted by molar-refractivity contribution is 5.78. The minimum atomic E-state index is -0.935. The Hall–Kier alpha value is -2.11. The SMILES string of the molecule is CC(C)CC(CNC(=O)COc1cccc(F)c1)C(=O)O. The number of carboxylic acids is 1. The molecule has 0 aliphatic heterocycles. The predicted molar refractivity (Wildman–Crippen MR) is 75.5 cm³/mol. The lowest BCUT2D eigenvalue weighted by atomic mass is 9.97. The van der Waals surface area contributed by atoms with Gasteiger partial charge in [-0.15, -0.1) is 0 Å². The number of aliphatic carboxylic acids is 1. The maximum absolute atomic E-state index is 12.9. The van der Waals surface area contributed by atoms with E-state index in [0.29, 0.717) is 6.42 Å². The third kappa shape index (κ3) is 6.74. The van der Waals surface area contributed by atoms with Crippen LogP contribution in [0.2, 0.25) is 0 Å². The molecule has 0 spiro atoms. The highest BCUT2D eigenvalue weighted by atomic mass is 19.1. The molecule has 0 saturated carbocycles. The Morgan fingerprint density at radius 3 is 2.67 bits per heavy atom.